The maximum Gasteiger partial charge on any atom is 0.276 e. The van der Waals surface area contributed by atoms with E-state index in [0.717, 1.165) is 5.56 Å². The molecular formula is C14H18N4O2. The van der Waals surface area contributed by atoms with Crippen LogP contribution in [0.2, 0.25) is 0 Å². The Morgan fingerprint density at radius 2 is 2.10 bits per heavy atom. The van der Waals surface area contributed by atoms with Gasteiger partial charge in [-0.15, -0.1) is 0 Å². The molecule has 0 unspecified atom stereocenters. The fourth-order valence-corrected chi connectivity index (χ4v) is 2.04. The van der Waals surface area contributed by atoms with Crippen molar-refractivity contribution in [3.05, 3.63) is 35.2 Å². The minimum absolute atomic E-state index is 0.311. The maximum absolute atomic E-state index is 12.3. The standard InChI is InChI=1S/C14H18N4O2/c1-8-5-6-11(20-4)10(7-8)16-14(19)13-12(15)9(2)17-18(13)3/h5-7H,15H2,1-4H3,(H,16,19). The van der Waals surface area contributed by atoms with Crippen molar-refractivity contribution < 1.29 is 9.53 Å². The second-order valence-corrected chi connectivity index (χ2v) is 4.63. The van der Waals surface area contributed by atoms with E-state index >= 15 is 0 Å². The SMILES string of the molecule is COc1ccc(C)cc1NC(=O)c1c(N)c(C)nn1C. The van der Waals surface area contributed by atoms with Gasteiger partial charge in [-0.25, -0.2) is 0 Å². The number of hydrogen-bond acceptors (Lipinski definition) is 4. The molecule has 0 radical (unpaired) electrons. The zero-order valence-corrected chi connectivity index (χ0v) is 12.0. The topological polar surface area (TPSA) is 82.2 Å². The average Bonchev–Trinajstić information content (AvgIpc) is 2.63. The van der Waals surface area contributed by atoms with Gasteiger partial charge in [0, 0.05) is 7.05 Å². The Labute approximate surface area is 117 Å². The number of hydrogen-bond donors (Lipinski definition) is 2. The molecule has 2 rings (SSSR count). The van der Waals surface area contributed by atoms with Crippen molar-refractivity contribution in [2.75, 3.05) is 18.2 Å². The molecule has 0 saturated carbocycles. The third-order valence-corrected chi connectivity index (χ3v) is 3.09. The number of amides is 1. The van der Waals surface area contributed by atoms with Gasteiger partial charge in [-0.2, -0.15) is 5.10 Å². The zero-order valence-electron chi connectivity index (χ0n) is 12.0. The molecule has 1 heterocycles. The van der Waals surface area contributed by atoms with Crippen LogP contribution >= 0.6 is 0 Å². The highest BCUT2D eigenvalue weighted by Crippen LogP contribution is 2.26. The maximum atomic E-state index is 12.3. The summed E-state index contributed by atoms with van der Waals surface area (Å²) in [5, 5.41) is 6.94. The van der Waals surface area contributed by atoms with Crippen molar-refractivity contribution in [3.63, 3.8) is 0 Å². The lowest BCUT2D eigenvalue weighted by Crippen LogP contribution is -2.18. The van der Waals surface area contributed by atoms with E-state index in [-0.39, 0.29) is 5.91 Å². The summed E-state index contributed by atoms with van der Waals surface area (Å²) >= 11 is 0. The van der Waals surface area contributed by atoms with Crippen LogP contribution in [0.3, 0.4) is 0 Å². The molecule has 0 atom stereocenters. The first-order chi connectivity index (χ1) is 9.43. The van der Waals surface area contributed by atoms with E-state index in [2.05, 4.69) is 10.4 Å². The number of nitrogens with one attached hydrogen (secondary N) is 1. The van der Waals surface area contributed by atoms with Gasteiger partial charge in [-0.05, 0) is 31.5 Å². The number of anilines is 2. The molecule has 0 aliphatic rings. The van der Waals surface area contributed by atoms with Crippen LogP contribution in [0.15, 0.2) is 18.2 Å². The number of nitrogens with two attached hydrogens (primary N) is 1. The van der Waals surface area contributed by atoms with E-state index in [4.69, 9.17) is 10.5 Å². The minimum atomic E-state index is -0.311. The molecule has 6 nitrogen and oxygen atoms in total. The largest absolute Gasteiger partial charge is 0.495 e. The van der Waals surface area contributed by atoms with E-state index in [1.165, 1.54) is 4.68 Å². The van der Waals surface area contributed by atoms with Crippen LogP contribution in [-0.4, -0.2) is 22.8 Å². The predicted octanol–water partition coefficient (Wildman–Crippen LogP) is 1.88. The molecule has 106 valence electrons. The molecule has 2 aromatic rings. The molecule has 0 fully saturated rings. The summed E-state index contributed by atoms with van der Waals surface area (Å²) in [6.45, 7) is 3.71. The summed E-state index contributed by atoms with van der Waals surface area (Å²) in [4.78, 5) is 12.3. The van der Waals surface area contributed by atoms with E-state index in [1.54, 1.807) is 21.1 Å². The van der Waals surface area contributed by atoms with Crippen molar-refractivity contribution in [1.82, 2.24) is 9.78 Å². The summed E-state index contributed by atoms with van der Waals surface area (Å²) in [6, 6.07) is 5.57. The van der Waals surface area contributed by atoms with Gasteiger partial charge >= 0.3 is 0 Å². The van der Waals surface area contributed by atoms with Crippen LogP contribution in [0.5, 0.6) is 5.75 Å². The Kier molecular flexibility index (Phi) is 3.65. The lowest BCUT2D eigenvalue weighted by molar-refractivity contribution is 0.101. The van der Waals surface area contributed by atoms with Gasteiger partial charge in [-0.1, -0.05) is 6.07 Å². The van der Waals surface area contributed by atoms with Crippen LogP contribution in [0.1, 0.15) is 21.7 Å². The number of carbonyl (C=O) groups excluding carboxylic acids is 1. The van der Waals surface area contributed by atoms with Gasteiger partial charge in [0.2, 0.25) is 0 Å². The molecule has 0 aliphatic heterocycles. The second-order valence-electron chi connectivity index (χ2n) is 4.63. The smallest absolute Gasteiger partial charge is 0.276 e. The molecular weight excluding hydrogens is 256 g/mol. The van der Waals surface area contributed by atoms with Crippen LogP contribution in [0.4, 0.5) is 11.4 Å². The zero-order chi connectivity index (χ0) is 14.9. The first kappa shape index (κ1) is 13.9. The number of rotatable bonds is 3. The summed E-state index contributed by atoms with van der Waals surface area (Å²) in [5.41, 5.74) is 8.87. The van der Waals surface area contributed by atoms with Gasteiger partial charge in [0.1, 0.15) is 11.4 Å². The summed E-state index contributed by atoms with van der Waals surface area (Å²) < 4.78 is 6.71. The van der Waals surface area contributed by atoms with E-state index < -0.39 is 0 Å². The molecule has 3 N–H and O–H groups in total. The van der Waals surface area contributed by atoms with E-state index in [9.17, 15) is 4.79 Å². The molecule has 20 heavy (non-hydrogen) atoms. The lowest BCUT2D eigenvalue weighted by atomic mass is 10.2. The highest BCUT2D eigenvalue weighted by molar-refractivity contribution is 6.07. The fourth-order valence-electron chi connectivity index (χ4n) is 2.04. The number of nitrogens with zero attached hydrogens (tertiary/aromatic N) is 2. The Bertz CT molecular complexity index is 661. The van der Waals surface area contributed by atoms with Crippen molar-refractivity contribution in [2.45, 2.75) is 13.8 Å². The van der Waals surface area contributed by atoms with Crippen LogP contribution in [0, 0.1) is 13.8 Å². The molecule has 1 aromatic carbocycles. The number of carbonyl (C=O) groups is 1. The predicted molar refractivity (Wildman–Crippen MR) is 78.0 cm³/mol. The first-order valence-electron chi connectivity index (χ1n) is 6.19. The number of aromatic nitrogens is 2. The van der Waals surface area contributed by atoms with Gasteiger partial charge in [0.05, 0.1) is 24.2 Å². The highest BCUT2D eigenvalue weighted by atomic mass is 16.5. The summed E-state index contributed by atoms with van der Waals surface area (Å²) in [7, 11) is 3.24. The monoisotopic (exact) mass is 274 g/mol. The number of methoxy groups -OCH3 is 1. The number of ether oxygens (including phenoxy) is 1. The van der Waals surface area contributed by atoms with Gasteiger partial charge < -0.3 is 15.8 Å². The van der Waals surface area contributed by atoms with Gasteiger partial charge in [0.15, 0.2) is 0 Å². The Morgan fingerprint density at radius 3 is 2.65 bits per heavy atom. The van der Waals surface area contributed by atoms with Crippen LogP contribution < -0.4 is 15.8 Å². The molecule has 1 amide bonds. The molecule has 0 aliphatic carbocycles. The third-order valence-electron chi connectivity index (χ3n) is 3.09. The average molecular weight is 274 g/mol. The van der Waals surface area contributed by atoms with Crippen molar-refractivity contribution in [3.8, 4) is 5.75 Å². The summed E-state index contributed by atoms with van der Waals surface area (Å²) in [5.74, 6) is 0.288. The molecule has 0 bridgehead atoms. The van der Waals surface area contributed by atoms with Crippen molar-refractivity contribution >= 4 is 17.3 Å². The molecule has 0 saturated heterocycles. The van der Waals surface area contributed by atoms with Crippen LogP contribution in [0.25, 0.3) is 0 Å². The number of benzene rings is 1. The van der Waals surface area contributed by atoms with E-state index in [1.807, 2.05) is 25.1 Å². The fraction of sp³-hybridized carbons (Fsp3) is 0.286. The minimum Gasteiger partial charge on any atom is -0.495 e. The van der Waals surface area contributed by atoms with Gasteiger partial charge in [0.25, 0.3) is 5.91 Å². The first-order valence-corrected chi connectivity index (χ1v) is 6.19. The lowest BCUT2D eigenvalue weighted by Gasteiger charge is -2.11. The Balaban J connectivity index is 2.35. The van der Waals surface area contributed by atoms with E-state index in [0.29, 0.717) is 28.5 Å². The molecule has 6 heteroatoms. The normalized spacial score (nSPS) is 10.4. The second kappa shape index (κ2) is 5.24. The number of aryl methyl sites for hydroxylation is 3. The number of nitrogen functional groups attached to an aromatic ring is 1. The van der Waals surface area contributed by atoms with Crippen molar-refractivity contribution in [2.24, 2.45) is 7.05 Å². The highest BCUT2D eigenvalue weighted by Gasteiger charge is 2.19. The molecule has 1 aromatic heterocycles. The van der Waals surface area contributed by atoms with Gasteiger partial charge in [-0.3, -0.25) is 9.48 Å². The van der Waals surface area contributed by atoms with Crippen LogP contribution in [-0.2, 0) is 7.05 Å². The Hall–Kier alpha value is -2.50. The Morgan fingerprint density at radius 1 is 1.40 bits per heavy atom. The van der Waals surface area contributed by atoms with Crippen molar-refractivity contribution in [1.29, 1.82) is 0 Å². The third kappa shape index (κ3) is 2.45. The molecule has 0 spiro atoms. The summed E-state index contributed by atoms with van der Waals surface area (Å²) in [6.07, 6.45) is 0. The quantitative estimate of drug-likeness (QED) is 0.895.